The van der Waals surface area contributed by atoms with Crippen LogP contribution in [0.15, 0.2) is 78.4 Å². The van der Waals surface area contributed by atoms with Crippen molar-refractivity contribution in [3.05, 3.63) is 105 Å². The lowest BCUT2D eigenvalue weighted by Crippen LogP contribution is -2.54. The van der Waals surface area contributed by atoms with Gasteiger partial charge in [0.25, 0.3) is 17.5 Å². The third kappa shape index (κ3) is 5.09. The second-order valence-electron chi connectivity index (χ2n) is 7.72. The number of carbonyl (C=O) groups excluding carboxylic acids is 3. The molecule has 176 valence electrons. The van der Waals surface area contributed by atoms with E-state index in [4.69, 9.17) is 4.74 Å². The average Bonchev–Trinajstić information content (AvgIpc) is 2.86. The number of barbiturate groups is 1. The van der Waals surface area contributed by atoms with Crippen molar-refractivity contribution in [1.29, 1.82) is 0 Å². The molecule has 1 fully saturated rings. The minimum Gasteiger partial charge on any atom is -0.489 e. The van der Waals surface area contributed by atoms with Gasteiger partial charge in [-0.3, -0.25) is 25.0 Å². The molecule has 4 amide bonds. The number of carbonyl (C=O) groups is 3. The Labute approximate surface area is 200 Å². The highest BCUT2D eigenvalue weighted by Gasteiger charge is 2.37. The molecule has 4 rings (SSSR count). The standard InChI is InChI=1S/C26H21N3O6/c1-2-19-7-3-4-9-23(19)28-25(31)22(24(30)27-26(28)32)15-17-10-12-21(13-11-17)35-16-18-6-5-8-20(14-18)29(33)34/h3-15H,2,16H2,1H3,(H,27,30,32)/b22-15-. The van der Waals surface area contributed by atoms with E-state index in [-0.39, 0.29) is 17.9 Å². The first-order valence-corrected chi connectivity index (χ1v) is 10.8. The second kappa shape index (κ2) is 10.0. The van der Waals surface area contributed by atoms with Gasteiger partial charge in [0.1, 0.15) is 17.9 Å². The summed E-state index contributed by atoms with van der Waals surface area (Å²) in [5.41, 5.74) is 2.25. The van der Waals surface area contributed by atoms with Crippen LogP contribution in [0.3, 0.4) is 0 Å². The van der Waals surface area contributed by atoms with Crippen LogP contribution in [0, 0.1) is 10.1 Å². The molecule has 1 saturated heterocycles. The molecule has 0 aliphatic carbocycles. The van der Waals surface area contributed by atoms with Crippen molar-refractivity contribution in [3.8, 4) is 5.75 Å². The zero-order chi connectivity index (χ0) is 24.9. The van der Waals surface area contributed by atoms with E-state index in [9.17, 15) is 24.5 Å². The van der Waals surface area contributed by atoms with Gasteiger partial charge >= 0.3 is 6.03 Å². The van der Waals surface area contributed by atoms with E-state index in [0.29, 0.717) is 29.0 Å². The van der Waals surface area contributed by atoms with Crippen LogP contribution < -0.4 is 15.0 Å². The summed E-state index contributed by atoms with van der Waals surface area (Å²) in [5.74, 6) is -0.964. The fraction of sp³-hybridized carbons (Fsp3) is 0.115. The normalized spacial score (nSPS) is 14.7. The maximum absolute atomic E-state index is 13.1. The van der Waals surface area contributed by atoms with Gasteiger partial charge in [-0.05, 0) is 47.4 Å². The van der Waals surface area contributed by atoms with Gasteiger partial charge in [0.2, 0.25) is 0 Å². The quantitative estimate of drug-likeness (QED) is 0.236. The first-order valence-electron chi connectivity index (χ1n) is 10.8. The molecule has 3 aromatic rings. The zero-order valence-electron chi connectivity index (χ0n) is 18.8. The third-order valence-corrected chi connectivity index (χ3v) is 5.43. The molecule has 0 bridgehead atoms. The number of amides is 4. The number of urea groups is 1. The molecule has 9 heteroatoms. The number of nitrogens with one attached hydrogen (secondary N) is 1. The number of non-ortho nitro benzene ring substituents is 1. The van der Waals surface area contributed by atoms with Crippen molar-refractivity contribution in [1.82, 2.24) is 5.32 Å². The van der Waals surface area contributed by atoms with Crippen LogP contribution in [0.1, 0.15) is 23.6 Å². The maximum atomic E-state index is 13.1. The van der Waals surface area contributed by atoms with E-state index in [1.807, 2.05) is 19.1 Å². The van der Waals surface area contributed by atoms with Gasteiger partial charge in [-0.15, -0.1) is 0 Å². The van der Waals surface area contributed by atoms with Crippen molar-refractivity contribution in [2.75, 3.05) is 4.90 Å². The van der Waals surface area contributed by atoms with Crippen LogP contribution in [-0.4, -0.2) is 22.8 Å². The fourth-order valence-electron chi connectivity index (χ4n) is 3.66. The lowest BCUT2D eigenvalue weighted by Gasteiger charge is -2.27. The number of hydrogen-bond acceptors (Lipinski definition) is 6. The van der Waals surface area contributed by atoms with E-state index in [0.717, 1.165) is 10.5 Å². The Hall–Kier alpha value is -4.79. The van der Waals surface area contributed by atoms with Crippen molar-refractivity contribution in [2.45, 2.75) is 20.0 Å². The van der Waals surface area contributed by atoms with E-state index in [2.05, 4.69) is 5.32 Å². The predicted octanol–water partition coefficient (Wildman–Crippen LogP) is 4.40. The summed E-state index contributed by atoms with van der Waals surface area (Å²) in [7, 11) is 0. The highest BCUT2D eigenvalue weighted by molar-refractivity contribution is 6.39. The van der Waals surface area contributed by atoms with Gasteiger partial charge in [0, 0.05) is 12.1 Å². The minimum atomic E-state index is -0.789. The summed E-state index contributed by atoms with van der Waals surface area (Å²) in [4.78, 5) is 49.4. The maximum Gasteiger partial charge on any atom is 0.335 e. The molecule has 35 heavy (non-hydrogen) atoms. The van der Waals surface area contributed by atoms with Crippen LogP contribution in [-0.2, 0) is 22.6 Å². The highest BCUT2D eigenvalue weighted by atomic mass is 16.6. The van der Waals surface area contributed by atoms with Crippen LogP contribution in [0.5, 0.6) is 5.75 Å². The molecule has 0 spiro atoms. The number of benzene rings is 3. The number of ether oxygens (including phenoxy) is 1. The molecule has 0 atom stereocenters. The number of rotatable bonds is 7. The molecular formula is C26H21N3O6. The third-order valence-electron chi connectivity index (χ3n) is 5.43. The Bertz CT molecular complexity index is 1350. The van der Waals surface area contributed by atoms with Crippen LogP contribution >= 0.6 is 0 Å². The van der Waals surface area contributed by atoms with Crippen molar-refractivity contribution >= 4 is 35.3 Å². The van der Waals surface area contributed by atoms with Crippen molar-refractivity contribution < 1.29 is 24.0 Å². The molecule has 3 aromatic carbocycles. The Balaban J connectivity index is 1.52. The largest absolute Gasteiger partial charge is 0.489 e. The topological polar surface area (TPSA) is 119 Å². The molecule has 1 N–H and O–H groups in total. The Morgan fingerprint density at radius 2 is 1.74 bits per heavy atom. The highest BCUT2D eigenvalue weighted by Crippen LogP contribution is 2.26. The molecule has 0 saturated carbocycles. The number of hydrogen-bond donors (Lipinski definition) is 1. The van der Waals surface area contributed by atoms with Crippen LogP contribution in [0.25, 0.3) is 6.08 Å². The second-order valence-corrected chi connectivity index (χ2v) is 7.72. The number of nitrogens with zero attached hydrogens (tertiary/aromatic N) is 2. The monoisotopic (exact) mass is 471 g/mol. The molecule has 0 radical (unpaired) electrons. The SMILES string of the molecule is CCc1ccccc1N1C(=O)NC(=O)/C(=C/c2ccc(OCc3cccc([N+](=O)[O-])c3)cc2)C1=O. The predicted molar refractivity (Wildman–Crippen MR) is 129 cm³/mol. The van der Waals surface area contributed by atoms with E-state index in [1.165, 1.54) is 18.2 Å². The minimum absolute atomic E-state index is 0.0161. The lowest BCUT2D eigenvalue weighted by atomic mass is 10.0. The summed E-state index contributed by atoms with van der Waals surface area (Å²) in [6, 6.07) is 19.0. The number of anilines is 1. The summed E-state index contributed by atoms with van der Waals surface area (Å²) in [6.07, 6.45) is 2.02. The van der Waals surface area contributed by atoms with Crippen molar-refractivity contribution in [3.63, 3.8) is 0 Å². The van der Waals surface area contributed by atoms with Gasteiger partial charge in [-0.2, -0.15) is 0 Å². The van der Waals surface area contributed by atoms with Gasteiger partial charge in [0.15, 0.2) is 0 Å². The molecule has 0 unspecified atom stereocenters. The molecule has 1 aliphatic heterocycles. The van der Waals surface area contributed by atoms with Crippen LogP contribution in [0.2, 0.25) is 0 Å². The van der Waals surface area contributed by atoms with Gasteiger partial charge < -0.3 is 4.74 Å². The summed E-state index contributed by atoms with van der Waals surface area (Å²) in [5, 5.41) is 13.1. The average molecular weight is 471 g/mol. The first kappa shape index (κ1) is 23.4. The Morgan fingerprint density at radius 1 is 1.00 bits per heavy atom. The number of imide groups is 2. The van der Waals surface area contributed by atoms with Gasteiger partial charge in [-0.1, -0.05) is 49.4 Å². The van der Waals surface area contributed by atoms with E-state index < -0.39 is 22.8 Å². The molecule has 1 heterocycles. The molecular weight excluding hydrogens is 450 g/mol. The van der Waals surface area contributed by atoms with Gasteiger partial charge in [-0.25, -0.2) is 9.69 Å². The summed E-state index contributed by atoms with van der Waals surface area (Å²) in [6.45, 7) is 2.05. The number of nitro groups is 1. The molecule has 0 aromatic heterocycles. The van der Waals surface area contributed by atoms with Crippen LogP contribution in [0.4, 0.5) is 16.2 Å². The smallest absolute Gasteiger partial charge is 0.335 e. The fourth-order valence-corrected chi connectivity index (χ4v) is 3.66. The lowest BCUT2D eigenvalue weighted by molar-refractivity contribution is -0.384. The number of nitro benzene ring substituents is 1. The molecule has 1 aliphatic rings. The summed E-state index contributed by atoms with van der Waals surface area (Å²) >= 11 is 0. The number of aryl methyl sites for hydroxylation is 1. The molecule has 9 nitrogen and oxygen atoms in total. The Kier molecular flexibility index (Phi) is 6.68. The van der Waals surface area contributed by atoms with E-state index >= 15 is 0 Å². The Morgan fingerprint density at radius 3 is 2.46 bits per heavy atom. The zero-order valence-corrected chi connectivity index (χ0v) is 18.8. The van der Waals surface area contributed by atoms with Gasteiger partial charge in [0.05, 0.1) is 10.6 Å². The first-order chi connectivity index (χ1) is 16.9. The summed E-state index contributed by atoms with van der Waals surface area (Å²) < 4.78 is 5.69. The number of para-hydroxylation sites is 1. The van der Waals surface area contributed by atoms with Crippen molar-refractivity contribution in [2.24, 2.45) is 0 Å². The van der Waals surface area contributed by atoms with E-state index in [1.54, 1.807) is 48.5 Å².